The predicted molar refractivity (Wildman–Crippen MR) is 113 cm³/mol. The summed E-state index contributed by atoms with van der Waals surface area (Å²) < 4.78 is 2.02. The van der Waals surface area contributed by atoms with E-state index in [-0.39, 0.29) is 0 Å². The number of thiazole rings is 1. The van der Waals surface area contributed by atoms with Crippen LogP contribution >= 0.6 is 11.3 Å². The SMILES string of the molecule is Cc1ccc(-c2nc3sc(C)c(-c4ccc(C)c(C)c4)n3c2C=O)c(C)c1. The number of carbonyl (C=O) groups excluding carboxylic acids is 1. The third-order valence-electron chi connectivity index (χ3n) is 5.21. The highest BCUT2D eigenvalue weighted by atomic mass is 32.1. The first-order valence-corrected chi connectivity index (χ1v) is 9.84. The van der Waals surface area contributed by atoms with E-state index >= 15 is 0 Å². The van der Waals surface area contributed by atoms with E-state index in [1.54, 1.807) is 11.3 Å². The Morgan fingerprint density at radius 1 is 0.926 bits per heavy atom. The van der Waals surface area contributed by atoms with Gasteiger partial charge in [-0.15, -0.1) is 11.3 Å². The number of carbonyl (C=O) groups is 1. The van der Waals surface area contributed by atoms with Crippen molar-refractivity contribution in [3.63, 3.8) is 0 Å². The molecule has 0 amide bonds. The normalized spacial score (nSPS) is 11.3. The molecular formula is C23H22N2OS. The summed E-state index contributed by atoms with van der Waals surface area (Å²) in [7, 11) is 0. The second-order valence-corrected chi connectivity index (χ2v) is 8.39. The topological polar surface area (TPSA) is 34.4 Å². The highest BCUT2D eigenvalue weighted by Crippen LogP contribution is 2.37. The van der Waals surface area contributed by atoms with Crippen molar-refractivity contribution in [3.05, 3.63) is 69.2 Å². The Morgan fingerprint density at radius 2 is 1.70 bits per heavy atom. The molecule has 0 aliphatic carbocycles. The third kappa shape index (κ3) is 2.81. The maximum Gasteiger partial charge on any atom is 0.195 e. The Morgan fingerprint density at radius 3 is 2.37 bits per heavy atom. The van der Waals surface area contributed by atoms with E-state index < -0.39 is 0 Å². The molecule has 0 bridgehead atoms. The minimum Gasteiger partial charge on any atom is -0.296 e. The zero-order valence-corrected chi connectivity index (χ0v) is 17.1. The van der Waals surface area contributed by atoms with E-state index in [1.807, 2.05) is 4.40 Å². The molecule has 2 aromatic carbocycles. The van der Waals surface area contributed by atoms with Crippen LogP contribution in [0.25, 0.3) is 27.5 Å². The van der Waals surface area contributed by atoms with Crippen LogP contribution in [0, 0.1) is 34.6 Å². The summed E-state index contributed by atoms with van der Waals surface area (Å²) in [6.07, 6.45) is 0.936. The molecule has 3 nitrogen and oxygen atoms in total. The van der Waals surface area contributed by atoms with Crippen LogP contribution in [0.15, 0.2) is 36.4 Å². The van der Waals surface area contributed by atoms with Crippen LogP contribution in [-0.2, 0) is 0 Å². The molecule has 4 rings (SSSR count). The van der Waals surface area contributed by atoms with Gasteiger partial charge in [0.05, 0.1) is 5.69 Å². The molecule has 0 N–H and O–H groups in total. The number of aryl methyl sites for hydroxylation is 5. The fraction of sp³-hybridized carbons (Fsp3) is 0.217. The molecule has 0 aliphatic rings. The maximum atomic E-state index is 12.1. The van der Waals surface area contributed by atoms with Gasteiger partial charge in [-0.05, 0) is 62.9 Å². The van der Waals surface area contributed by atoms with Gasteiger partial charge in [0, 0.05) is 10.4 Å². The van der Waals surface area contributed by atoms with Gasteiger partial charge in [-0.2, -0.15) is 0 Å². The van der Waals surface area contributed by atoms with Gasteiger partial charge in [0.15, 0.2) is 11.2 Å². The smallest absolute Gasteiger partial charge is 0.195 e. The maximum absolute atomic E-state index is 12.1. The Hall–Kier alpha value is -2.72. The molecule has 0 fully saturated rings. The molecule has 0 atom stereocenters. The van der Waals surface area contributed by atoms with Gasteiger partial charge in [-0.1, -0.05) is 35.9 Å². The molecule has 27 heavy (non-hydrogen) atoms. The van der Waals surface area contributed by atoms with Crippen LogP contribution in [0.1, 0.15) is 37.6 Å². The Bertz CT molecular complexity index is 1200. The summed E-state index contributed by atoms with van der Waals surface area (Å²) >= 11 is 1.63. The number of hydrogen-bond donors (Lipinski definition) is 0. The van der Waals surface area contributed by atoms with Gasteiger partial charge < -0.3 is 0 Å². The van der Waals surface area contributed by atoms with Crippen LogP contribution in [0.3, 0.4) is 0 Å². The fourth-order valence-electron chi connectivity index (χ4n) is 3.65. The number of aromatic nitrogens is 2. The zero-order chi connectivity index (χ0) is 19.3. The van der Waals surface area contributed by atoms with Gasteiger partial charge in [0.2, 0.25) is 0 Å². The van der Waals surface area contributed by atoms with Crippen LogP contribution in [0.2, 0.25) is 0 Å². The molecule has 136 valence electrons. The lowest BCUT2D eigenvalue weighted by atomic mass is 10.0. The Kier molecular flexibility index (Phi) is 4.23. The minimum absolute atomic E-state index is 0.620. The lowest BCUT2D eigenvalue weighted by molar-refractivity contribution is 0.111. The van der Waals surface area contributed by atoms with Crippen molar-refractivity contribution < 1.29 is 4.79 Å². The molecule has 0 spiro atoms. The number of imidazole rings is 1. The molecule has 4 heteroatoms. The number of hydrogen-bond acceptors (Lipinski definition) is 3. The average molecular weight is 375 g/mol. The summed E-state index contributed by atoms with van der Waals surface area (Å²) in [5, 5.41) is 0. The summed E-state index contributed by atoms with van der Waals surface area (Å²) in [5.41, 5.74) is 9.42. The van der Waals surface area contributed by atoms with Gasteiger partial charge >= 0.3 is 0 Å². The van der Waals surface area contributed by atoms with Crippen molar-refractivity contribution in [2.24, 2.45) is 0 Å². The van der Waals surface area contributed by atoms with Gasteiger partial charge in [0.1, 0.15) is 11.4 Å². The molecule has 0 aliphatic heterocycles. The fourth-order valence-corrected chi connectivity index (χ4v) is 4.64. The second kappa shape index (κ2) is 6.46. The lowest BCUT2D eigenvalue weighted by Gasteiger charge is -2.08. The predicted octanol–water partition coefficient (Wildman–Crippen LogP) is 6.08. The quantitative estimate of drug-likeness (QED) is 0.407. The van der Waals surface area contributed by atoms with Crippen molar-refractivity contribution >= 4 is 22.6 Å². The minimum atomic E-state index is 0.620. The molecule has 0 saturated carbocycles. The molecule has 2 aromatic heterocycles. The largest absolute Gasteiger partial charge is 0.296 e. The molecule has 0 radical (unpaired) electrons. The molecule has 0 saturated heterocycles. The monoisotopic (exact) mass is 374 g/mol. The molecule has 0 unspecified atom stereocenters. The zero-order valence-electron chi connectivity index (χ0n) is 16.3. The second-order valence-electron chi connectivity index (χ2n) is 7.21. The molecule has 2 heterocycles. The highest BCUT2D eigenvalue weighted by molar-refractivity contribution is 7.17. The van der Waals surface area contributed by atoms with Gasteiger partial charge in [-0.25, -0.2) is 4.98 Å². The highest BCUT2D eigenvalue weighted by Gasteiger charge is 2.21. The van der Waals surface area contributed by atoms with E-state index in [9.17, 15) is 4.79 Å². The first-order valence-electron chi connectivity index (χ1n) is 9.03. The number of fused-ring (bicyclic) bond motifs is 1. The van der Waals surface area contributed by atoms with Crippen molar-refractivity contribution in [1.29, 1.82) is 0 Å². The summed E-state index contributed by atoms with van der Waals surface area (Å²) in [6, 6.07) is 12.7. The van der Waals surface area contributed by atoms with Crippen LogP contribution in [-0.4, -0.2) is 15.7 Å². The molecule has 4 aromatic rings. The van der Waals surface area contributed by atoms with Crippen molar-refractivity contribution in [2.45, 2.75) is 34.6 Å². The summed E-state index contributed by atoms with van der Waals surface area (Å²) in [6.45, 7) is 10.5. The summed E-state index contributed by atoms with van der Waals surface area (Å²) in [4.78, 5) is 19.0. The van der Waals surface area contributed by atoms with E-state index in [4.69, 9.17) is 4.98 Å². The van der Waals surface area contributed by atoms with Gasteiger partial charge in [-0.3, -0.25) is 9.20 Å². The first kappa shape index (κ1) is 17.7. The lowest BCUT2D eigenvalue weighted by Crippen LogP contribution is -1.97. The number of rotatable bonds is 3. The van der Waals surface area contributed by atoms with Crippen molar-refractivity contribution in [2.75, 3.05) is 0 Å². The van der Waals surface area contributed by atoms with Crippen LogP contribution in [0.4, 0.5) is 0 Å². The van der Waals surface area contributed by atoms with Crippen LogP contribution < -0.4 is 0 Å². The van der Waals surface area contributed by atoms with E-state index in [1.165, 1.54) is 16.7 Å². The van der Waals surface area contributed by atoms with Crippen molar-refractivity contribution in [1.82, 2.24) is 9.38 Å². The Balaban J connectivity index is 2.02. The summed E-state index contributed by atoms with van der Waals surface area (Å²) in [5.74, 6) is 0. The standard InChI is InChI=1S/C23H22N2OS/c1-13-6-9-19(16(4)10-13)21-20(12-26)25-22(17(5)27-23(25)24-21)18-8-7-14(2)15(3)11-18/h6-12H,1-5H3. The Labute approximate surface area is 163 Å². The number of aldehydes is 1. The first-order chi connectivity index (χ1) is 12.9. The third-order valence-corrected chi connectivity index (χ3v) is 6.17. The van der Waals surface area contributed by atoms with Crippen molar-refractivity contribution in [3.8, 4) is 22.5 Å². The molecular weight excluding hydrogens is 352 g/mol. The van der Waals surface area contributed by atoms with E-state index in [0.29, 0.717) is 5.69 Å². The van der Waals surface area contributed by atoms with E-state index in [0.717, 1.165) is 44.2 Å². The number of benzene rings is 2. The average Bonchev–Trinajstić information content (AvgIpc) is 3.11. The van der Waals surface area contributed by atoms with E-state index in [2.05, 4.69) is 71.0 Å². The van der Waals surface area contributed by atoms with Gasteiger partial charge in [0.25, 0.3) is 0 Å². The number of nitrogens with zero attached hydrogens (tertiary/aromatic N) is 2. The van der Waals surface area contributed by atoms with Crippen LogP contribution in [0.5, 0.6) is 0 Å².